The van der Waals surface area contributed by atoms with E-state index in [9.17, 15) is 0 Å². The molecule has 1 heterocycles. The molecule has 1 aromatic heterocycles. The van der Waals surface area contributed by atoms with Crippen LogP contribution in [0.5, 0.6) is 0 Å². The van der Waals surface area contributed by atoms with Gasteiger partial charge in [0.1, 0.15) is 11.1 Å². The van der Waals surface area contributed by atoms with Crippen LogP contribution in [0.4, 0.5) is 0 Å². The summed E-state index contributed by atoms with van der Waals surface area (Å²) in [6, 6.07) is 10.4. The predicted octanol–water partition coefficient (Wildman–Crippen LogP) is 4.06. The van der Waals surface area contributed by atoms with E-state index in [-0.39, 0.29) is 6.10 Å². The molecule has 0 amide bonds. The van der Waals surface area contributed by atoms with E-state index in [1.807, 2.05) is 13.0 Å². The number of nitrogens with one attached hydrogen (secondary N) is 1. The maximum atomic E-state index is 5.69. The minimum atomic E-state index is 0.0651. The normalized spacial score (nSPS) is 12.5. The van der Waals surface area contributed by atoms with Gasteiger partial charge in [-0.15, -0.1) is 11.3 Å². The summed E-state index contributed by atoms with van der Waals surface area (Å²) in [5, 5.41) is 4.46. The molecule has 1 aromatic carbocycles. The second-order valence-electron chi connectivity index (χ2n) is 4.89. The van der Waals surface area contributed by atoms with Crippen molar-refractivity contribution in [2.24, 2.45) is 0 Å². The highest BCUT2D eigenvalue weighted by Gasteiger charge is 2.16. The smallest absolute Gasteiger partial charge is 0.122 e. The van der Waals surface area contributed by atoms with Crippen LogP contribution in [0.25, 0.3) is 11.3 Å². The lowest BCUT2D eigenvalue weighted by molar-refractivity contribution is 0.0762. The van der Waals surface area contributed by atoms with Gasteiger partial charge in [-0.3, -0.25) is 0 Å². The van der Waals surface area contributed by atoms with E-state index in [1.165, 1.54) is 10.4 Å². The summed E-state index contributed by atoms with van der Waals surface area (Å²) in [6.45, 7) is 8.93. The Bertz CT molecular complexity index is 539. The molecule has 0 saturated carbocycles. The summed E-state index contributed by atoms with van der Waals surface area (Å²) < 4.78 is 5.69. The molecule has 0 aliphatic carbocycles. The number of benzene rings is 1. The minimum Gasteiger partial charge on any atom is -0.372 e. The van der Waals surface area contributed by atoms with Crippen molar-refractivity contribution in [2.75, 3.05) is 19.7 Å². The van der Waals surface area contributed by atoms with Gasteiger partial charge in [-0.05, 0) is 26.8 Å². The molecule has 2 aromatic rings. The van der Waals surface area contributed by atoms with Gasteiger partial charge in [0, 0.05) is 23.6 Å². The number of thiazole rings is 1. The van der Waals surface area contributed by atoms with Crippen LogP contribution in [0.15, 0.2) is 30.3 Å². The molecule has 1 unspecified atom stereocenters. The van der Waals surface area contributed by atoms with Crippen LogP contribution >= 0.6 is 11.3 Å². The molecule has 3 nitrogen and oxygen atoms in total. The SMILES string of the molecule is CCNCCc1sc(C(C)OCC)nc1-c1ccccc1. The van der Waals surface area contributed by atoms with Crippen LogP contribution in [0.2, 0.25) is 0 Å². The first-order valence-electron chi connectivity index (χ1n) is 7.63. The van der Waals surface area contributed by atoms with Crippen molar-refractivity contribution in [2.45, 2.75) is 33.3 Å². The van der Waals surface area contributed by atoms with Crippen LogP contribution in [0.1, 0.15) is 36.8 Å². The van der Waals surface area contributed by atoms with Crippen molar-refractivity contribution in [3.05, 3.63) is 40.2 Å². The Labute approximate surface area is 131 Å². The molecule has 1 atom stereocenters. The van der Waals surface area contributed by atoms with Gasteiger partial charge in [0.25, 0.3) is 0 Å². The molecule has 0 aliphatic heterocycles. The van der Waals surface area contributed by atoms with Crippen LogP contribution in [-0.4, -0.2) is 24.7 Å². The van der Waals surface area contributed by atoms with Crippen molar-refractivity contribution in [3.63, 3.8) is 0 Å². The average Bonchev–Trinajstić information content (AvgIpc) is 2.93. The van der Waals surface area contributed by atoms with Crippen molar-refractivity contribution in [1.82, 2.24) is 10.3 Å². The zero-order chi connectivity index (χ0) is 15.1. The Balaban J connectivity index is 2.27. The Hall–Kier alpha value is -1.23. The fourth-order valence-corrected chi connectivity index (χ4v) is 3.32. The van der Waals surface area contributed by atoms with E-state index < -0.39 is 0 Å². The van der Waals surface area contributed by atoms with Crippen molar-refractivity contribution in [1.29, 1.82) is 0 Å². The summed E-state index contributed by atoms with van der Waals surface area (Å²) in [5.41, 5.74) is 2.30. The Kier molecular flexibility index (Phi) is 6.36. The zero-order valence-corrected chi connectivity index (χ0v) is 13.9. The molecule has 0 aliphatic rings. The molecular formula is C17H24N2OS. The van der Waals surface area contributed by atoms with Gasteiger partial charge in [0.15, 0.2) is 0 Å². The monoisotopic (exact) mass is 304 g/mol. The third kappa shape index (κ3) is 4.37. The quantitative estimate of drug-likeness (QED) is 0.747. The van der Waals surface area contributed by atoms with Crippen LogP contribution < -0.4 is 5.32 Å². The van der Waals surface area contributed by atoms with Gasteiger partial charge in [0.2, 0.25) is 0 Å². The number of ether oxygens (including phenoxy) is 1. The molecule has 0 radical (unpaired) electrons. The van der Waals surface area contributed by atoms with Gasteiger partial charge < -0.3 is 10.1 Å². The molecule has 0 spiro atoms. The number of nitrogens with zero attached hydrogens (tertiary/aromatic N) is 1. The van der Waals surface area contributed by atoms with Crippen LogP contribution in [0, 0.1) is 0 Å². The van der Waals surface area contributed by atoms with E-state index in [0.29, 0.717) is 6.61 Å². The molecule has 4 heteroatoms. The lowest BCUT2D eigenvalue weighted by atomic mass is 10.1. The fourth-order valence-electron chi connectivity index (χ4n) is 2.23. The highest BCUT2D eigenvalue weighted by Crippen LogP contribution is 2.32. The molecule has 21 heavy (non-hydrogen) atoms. The second-order valence-corrected chi connectivity index (χ2v) is 6.01. The van der Waals surface area contributed by atoms with E-state index in [2.05, 4.69) is 43.4 Å². The topological polar surface area (TPSA) is 34.1 Å². The number of hydrogen-bond acceptors (Lipinski definition) is 4. The highest BCUT2D eigenvalue weighted by molar-refractivity contribution is 7.12. The van der Waals surface area contributed by atoms with Crippen LogP contribution in [0.3, 0.4) is 0 Å². The highest BCUT2D eigenvalue weighted by atomic mass is 32.1. The Morgan fingerprint density at radius 1 is 1.24 bits per heavy atom. The summed E-state index contributed by atoms with van der Waals surface area (Å²) in [6.07, 6.45) is 1.07. The van der Waals surface area contributed by atoms with E-state index in [4.69, 9.17) is 9.72 Å². The first-order chi connectivity index (χ1) is 10.3. The van der Waals surface area contributed by atoms with Gasteiger partial charge in [-0.1, -0.05) is 37.3 Å². The minimum absolute atomic E-state index is 0.0651. The van der Waals surface area contributed by atoms with Gasteiger partial charge in [-0.25, -0.2) is 4.98 Å². The number of likely N-dealkylation sites (N-methyl/N-ethyl adjacent to an activating group) is 1. The van der Waals surface area contributed by atoms with Gasteiger partial charge in [0.05, 0.1) is 5.69 Å². The summed E-state index contributed by atoms with van der Waals surface area (Å²) >= 11 is 1.78. The van der Waals surface area contributed by atoms with Gasteiger partial charge >= 0.3 is 0 Å². The maximum absolute atomic E-state index is 5.69. The van der Waals surface area contributed by atoms with E-state index >= 15 is 0 Å². The second kappa shape index (κ2) is 8.27. The Morgan fingerprint density at radius 2 is 2.00 bits per heavy atom. The summed E-state index contributed by atoms with van der Waals surface area (Å²) in [5.74, 6) is 0. The first-order valence-corrected chi connectivity index (χ1v) is 8.45. The molecule has 0 fully saturated rings. The first kappa shape index (κ1) is 16.1. The summed E-state index contributed by atoms with van der Waals surface area (Å²) in [7, 11) is 0. The summed E-state index contributed by atoms with van der Waals surface area (Å²) in [4.78, 5) is 6.18. The van der Waals surface area contributed by atoms with Gasteiger partial charge in [-0.2, -0.15) is 0 Å². The lowest BCUT2D eigenvalue weighted by Crippen LogP contribution is -2.15. The molecule has 0 bridgehead atoms. The third-order valence-corrected chi connectivity index (χ3v) is 4.58. The predicted molar refractivity (Wildman–Crippen MR) is 89.8 cm³/mol. The Morgan fingerprint density at radius 3 is 2.67 bits per heavy atom. The number of rotatable bonds is 8. The molecule has 114 valence electrons. The average molecular weight is 304 g/mol. The third-order valence-electron chi connectivity index (χ3n) is 3.30. The molecule has 2 rings (SSSR count). The molecule has 0 saturated heterocycles. The van der Waals surface area contributed by atoms with Crippen molar-refractivity contribution in [3.8, 4) is 11.3 Å². The lowest BCUT2D eigenvalue weighted by Gasteiger charge is -2.06. The van der Waals surface area contributed by atoms with E-state index in [1.54, 1.807) is 11.3 Å². The zero-order valence-electron chi connectivity index (χ0n) is 13.1. The largest absolute Gasteiger partial charge is 0.372 e. The van der Waals surface area contributed by atoms with Crippen molar-refractivity contribution < 1.29 is 4.74 Å². The molecule has 1 N–H and O–H groups in total. The number of aromatic nitrogens is 1. The fraction of sp³-hybridized carbons (Fsp3) is 0.471. The van der Waals surface area contributed by atoms with Crippen LogP contribution in [-0.2, 0) is 11.2 Å². The van der Waals surface area contributed by atoms with Crippen molar-refractivity contribution >= 4 is 11.3 Å². The number of hydrogen-bond donors (Lipinski definition) is 1. The maximum Gasteiger partial charge on any atom is 0.122 e. The van der Waals surface area contributed by atoms with E-state index in [0.717, 1.165) is 30.2 Å². The molecular weight excluding hydrogens is 280 g/mol. The standard InChI is InChI=1S/C17H24N2OS/c1-4-18-12-11-15-16(14-9-7-6-8-10-14)19-17(21-15)13(3)20-5-2/h6-10,13,18H,4-5,11-12H2,1-3H3.